The van der Waals surface area contributed by atoms with E-state index in [1.807, 2.05) is 0 Å². The summed E-state index contributed by atoms with van der Waals surface area (Å²) in [5, 5.41) is 0. The van der Waals surface area contributed by atoms with E-state index in [1.165, 1.54) is 20.3 Å². The molecule has 0 bridgehead atoms. The number of methoxy groups -OCH3 is 2. The zero-order valence-electron chi connectivity index (χ0n) is 9.74. The van der Waals surface area contributed by atoms with E-state index < -0.39 is 5.82 Å². The first-order valence-corrected chi connectivity index (χ1v) is 4.92. The van der Waals surface area contributed by atoms with Crippen LogP contribution in [0.2, 0.25) is 0 Å². The third kappa shape index (κ3) is 1.71. The molecule has 6 heteroatoms. The standard InChI is InChI=1S/C11H12FN3O2/c1-5-6(12)4-7-9(8(5)13)15-11(17-3)10(14-7)16-2/h4H,13H2,1-3H3. The predicted octanol–water partition coefficient (Wildman–Crippen LogP) is 1.68. The maximum Gasteiger partial charge on any atom is 0.278 e. The normalized spacial score (nSPS) is 10.6. The Morgan fingerprint density at radius 2 is 1.76 bits per heavy atom. The van der Waals surface area contributed by atoms with Crippen molar-refractivity contribution in [2.45, 2.75) is 6.92 Å². The molecule has 1 aromatic carbocycles. The van der Waals surface area contributed by atoms with Crippen LogP contribution in [0.5, 0.6) is 11.8 Å². The van der Waals surface area contributed by atoms with Crippen molar-refractivity contribution in [2.24, 2.45) is 0 Å². The summed E-state index contributed by atoms with van der Waals surface area (Å²) in [5.74, 6) is -0.00289. The number of fused-ring (bicyclic) bond motifs is 1. The van der Waals surface area contributed by atoms with E-state index in [0.29, 0.717) is 16.6 Å². The topological polar surface area (TPSA) is 70.3 Å². The highest BCUT2D eigenvalue weighted by Gasteiger charge is 2.15. The fraction of sp³-hybridized carbons (Fsp3) is 0.273. The number of aromatic nitrogens is 2. The van der Waals surface area contributed by atoms with E-state index in [1.54, 1.807) is 6.92 Å². The van der Waals surface area contributed by atoms with Gasteiger partial charge in [-0.05, 0) is 6.92 Å². The second kappa shape index (κ2) is 4.04. The van der Waals surface area contributed by atoms with Crippen molar-refractivity contribution in [3.05, 3.63) is 17.4 Å². The van der Waals surface area contributed by atoms with Crippen LogP contribution in [0.1, 0.15) is 5.56 Å². The van der Waals surface area contributed by atoms with Crippen molar-refractivity contribution < 1.29 is 13.9 Å². The van der Waals surface area contributed by atoms with Gasteiger partial charge in [0.1, 0.15) is 11.3 Å². The summed E-state index contributed by atoms with van der Waals surface area (Å²) in [6, 6.07) is 1.27. The second-order valence-electron chi connectivity index (χ2n) is 3.51. The van der Waals surface area contributed by atoms with Crippen molar-refractivity contribution >= 4 is 16.7 Å². The minimum atomic E-state index is -0.420. The molecule has 90 valence electrons. The number of hydrogen-bond acceptors (Lipinski definition) is 5. The third-order valence-corrected chi connectivity index (χ3v) is 2.53. The number of rotatable bonds is 2. The first-order valence-electron chi connectivity index (χ1n) is 4.92. The van der Waals surface area contributed by atoms with Crippen molar-refractivity contribution in [1.29, 1.82) is 0 Å². The number of anilines is 1. The molecule has 2 rings (SSSR count). The Bertz CT molecular complexity index is 587. The molecule has 17 heavy (non-hydrogen) atoms. The summed E-state index contributed by atoms with van der Waals surface area (Å²) >= 11 is 0. The maximum atomic E-state index is 13.5. The van der Waals surface area contributed by atoms with Crippen LogP contribution in [-0.2, 0) is 0 Å². The van der Waals surface area contributed by atoms with E-state index in [4.69, 9.17) is 15.2 Å². The number of nitrogen functional groups attached to an aromatic ring is 1. The smallest absolute Gasteiger partial charge is 0.278 e. The van der Waals surface area contributed by atoms with Crippen LogP contribution in [0, 0.1) is 12.7 Å². The quantitative estimate of drug-likeness (QED) is 0.804. The van der Waals surface area contributed by atoms with Crippen molar-refractivity contribution in [1.82, 2.24) is 9.97 Å². The summed E-state index contributed by atoms with van der Waals surface area (Å²) in [5.41, 5.74) is 7.14. The number of benzene rings is 1. The van der Waals surface area contributed by atoms with Gasteiger partial charge < -0.3 is 15.2 Å². The van der Waals surface area contributed by atoms with Gasteiger partial charge in [0.2, 0.25) is 0 Å². The number of nitrogens with zero attached hydrogens (tertiary/aromatic N) is 2. The van der Waals surface area contributed by atoms with Gasteiger partial charge in [-0.2, -0.15) is 0 Å². The number of ether oxygens (including phenoxy) is 2. The molecule has 0 aliphatic heterocycles. The molecule has 0 saturated heterocycles. The van der Waals surface area contributed by atoms with Crippen molar-refractivity contribution in [3.63, 3.8) is 0 Å². The Labute approximate surface area is 97.4 Å². The van der Waals surface area contributed by atoms with Gasteiger partial charge in [-0.25, -0.2) is 14.4 Å². The average molecular weight is 237 g/mol. The Morgan fingerprint density at radius 1 is 1.18 bits per heavy atom. The molecule has 1 aromatic heterocycles. The molecule has 0 amide bonds. The Hall–Kier alpha value is -2.11. The summed E-state index contributed by atoms with van der Waals surface area (Å²) in [7, 11) is 2.89. The molecule has 5 nitrogen and oxygen atoms in total. The van der Waals surface area contributed by atoms with Crippen LogP contribution in [0.25, 0.3) is 11.0 Å². The van der Waals surface area contributed by atoms with Crippen LogP contribution in [0.3, 0.4) is 0 Å². The predicted molar refractivity (Wildman–Crippen MR) is 61.7 cm³/mol. The molecular weight excluding hydrogens is 225 g/mol. The number of hydrogen-bond donors (Lipinski definition) is 1. The molecular formula is C11H12FN3O2. The molecule has 0 aliphatic carbocycles. The summed E-state index contributed by atoms with van der Waals surface area (Å²) < 4.78 is 23.5. The van der Waals surface area contributed by atoms with Crippen LogP contribution in [0.15, 0.2) is 6.07 Å². The lowest BCUT2D eigenvalue weighted by molar-refractivity contribution is 0.334. The summed E-state index contributed by atoms with van der Waals surface area (Å²) in [4.78, 5) is 8.26. The molecule has 0 saturated carbocycles. The van der Waals surface area contributed by atoms with Crippen LogP contribution >= 0.6 is 0 Å². The summed E-state index contributed by atoms with van der Waals surface area (Å²) in [6.45, 7) is 1.59. The van der Waals surface area contributed by atoms with E-state index >= 15 is 0 Å². The second-order valence-corrected chi connectivity index (χ2v) is 3.51. The minimum absolute atomic E-state index is 0.197. The minimum Gasteiger partial charge on any atom is -0.477 e. The zero-order valence-corrected chi connectivity index (χ0v) is 9.74. The fourth-order valence-electron chi connectivity index (χ4n) is 1.52. The van der Waals surface area contributed by atoms with E-state index in [9.17, 15) is 4.39 Å². The van der Waals surface area contributed by atoms with Gasteiger partial charge in [-0.1, -0.05) is 0 Å². The Balaban J connectivity index is 2.83. The zero-order chi connectivity index (χ0) is 12.6. The van der Waals surface area contributed by atoms with Gasteiger partial charge in [-0.3, -0.25) is 0 Å². The molecule has 0 atom stereocenters. The molecule has 0 aliphatic rings. The molecule has 2 aromatic rings. The first-order chi connectivity index (χ1) is 8.08. The highest BCUT2D eigenvalue weighted by molar-refractivity contribution is 5.89. The number of halogens is 1. The largest absolute Gasteiger partial charge is 0.477 e. The molecule has 0 unspecified atom stereocenters. The van der Waals surface area contributed by atoms with Crippen molar-refractivity contribution in [3.8, 4) is 11.8 Å². The lowest BCUT2D eigenvalue weighted by Gasteiger charge is -2.10. The lowest BCUT2D eigenvalue weighted by atomic mass is 10.1. The molecule has 0 spiro atoms. The molecule has 2 N–H and O–H groups in total. The maximum absolute atomic E-state index is 13.5. The van der Waals surface area contributed by atoms with Crippen LogP contribution < -0.4 is 15.2 Å². The average Bonchev–Trinajstić information content (AvgIpc) is 2.34. The van der Waals surface area contributed by atoms with Crippen molar-refractivity contribution in [2.75, 3.05) is 20.0 Å². The van der Waals surface area contributed by atoms with Gasteiger partial charge in [0, 0.05) is 11.6 Å². The monoisotopic (exact) mass is 237 g/mol. The van der Waals surface area contributed by atoms with Gasteiger partial charge in [0.15, 0.2) is 0 Å². The molecule has 1 heterocycles. The Kier molecular flexibility index (Phi) is 2.71. The SMILES string of the molecule is COc1nc2cc(F)c(C)c(N)c2nc1OC. The summed E-state index contributed by atoms with van der Waals surface area (Å²) in [6.07, 6.45) is 0. The lowest BCUT2D eigenvalue weighted by Crippen LogP contribution is -2.02. The molecule has 0 fully saturated rings. The fourth-order valence-corrected chi connectivity index (χ4v) is 1.52. The van der Waals surface area contributed by atoms with Gasteiger partial charge >= 0.3 is 0 Å². The van der Waals surface area contributed by atoms with Gasteiger partial charge in [0.25, 0.3) is 11.8 Å². The van der Waals surface area contributed by atoms with E-state index in [2.05, 4.69) is 9.97 Å². The van der Waals surface area contributed by atoms with Gasteiger partial charge in [0.05, 0.1) is 25.4 Å². The first kappa shape index (κ1) is 11.4. The third-order valence-electron chi connectivity index (χ3n) is 2.53. The highest BCUT2D eigenvalue weighted by Crippen LogP contribution is 2.30. The van der Waals surface area contributed by atoms with Crippen LogP contribution in [0.4, 0.5) is 10.1 Å². The van der Waals surface area contributed by atoms with Crippen LogP contribution in [-0.4, -0.2) is 24.2 Å². The Morgan fingerprint density at radius 3 is 2.35 bits per heavy atom. The van der Waals surface area contributed by atoms with Gasteiger partial charge in [-0.15, -0.1) is 0 Å². The number of nitrogens with two attached hydrogens (primary N) is 1. The van der Waals surface area contributed by atoms with E-state index in [0.717, 1.165) is 0 Å². The highest BCUT2D eigenvalue weighted by atomic mass is 19.1. The van der Waals surface area contributed by atoms with E-state index in [-0.39, 0.29) is 17.4 Å². The molecule has 0 radical (unpaired) electrons.